The van der Waals surface area contributed by atoms with Crippen molar-refractivity contribution in [3.63, 3.8) is 0 Å². The Hall–Kier alpha value is -3.91. The molecule has 2 aromatic heterocycles. The van der Waals surface area contributed by atoms with Crippen molar-refractivity contribution in [2.45, 2.75) is 26.4 Å². The minimum atomic E-state index is -0.307. The lowest BCUT2D eigenvalue weighted by Gasteiger charge is -2.18. The normalized spacial score (nSPS) is 12.4. The summed E-state index contributed by atoms with van der Waals surface area (Å²) in [5.74, 6) is 1.86. The molecule has 8 heteroatoms. The van der Waals surface area contributed by atoms with E-state index >= 15 is 0 Å². The molecular formula is C28H24BrN3O4. The van der Waals surface area contributed by atoms with Crippen molar-refractivity contribution in [1.29, 1.82) is 0 Å². The summed E-state index contributed by atoms with van der Waals surface area (Å²) in [5.41, 5.74) is 1.61. The smallest absolute Gasteiger partial charge is 0.282 e. The summed E-state index contributed by atoms with van der Waals surface area (Å²) in [7, 11) is 1.59. The minimum absolute atomic E-state index is 0.0385. The molecule has 36 heavy (non-hydrogen) atoms. The number of hydrogen-bond acceptors (Lipinski definition) is 6. The van der Waals surface area contributed by atoms with Gasteiger partial charge in [-0.3, -0.25) is 4.79 Å². The van der Waals surface area contributed by atoms with Gasteiger partial charge in [-0.2, -0.15) is 9.78 Å². The van der Waals surface area contributed by atoms with Gasteiger partial charge in [-0.15, -0.1) is 0 Å². The summed E-state index contributed by atoms with van der Waals surface area (Å²) in [6.07, 6.45) is 2.36. The van der Waals surface area contributed by atoms with Crippen molar-refractivity contribution in [3.8, 4) is 23.1 Å². The fourth-order valence-corrected chi connectivity index (χ4v) is 4.30. The summed E-state index contributed by atoms with van der Waals surface area (Å²) >= 11 is 3.52. The number of benzene rings is 3. The van der Waals surface area contributed by atoms with Gasteiger partial charge >= 0.3 is 0 Å². The molecule has 3 aromatic carbocycles. The number of rotatable bonds is 7. The van der Waals surface area contributed by atoms with Gasteiger partial charge in [-0.05, 0) is 49.7 Å². The third kappa shape index (κ3) is 4.52. The van der Waals surface area contributed by atoms with Gasteiger partial charge in [0, 0.05) is 15.4 Å². The Bertz CT molecular complexity index is 1620. The number of furan rings is 1. The molecule has 0 aliphatic heterocycles. The first-order chi connectivity index (χ1) is 17.5. The van der Waals surface area contributed by atoms with E-state index in [9.17, 15) is 4.79 Å². The Labute approximate surface area is 216 Å². The molecule has 0 saturated heterocycles. The lowest BCUT2D eigenvalue weighted by molar-refractivity contribution is 0.207. The highest BCUT2D eigenvalue weighted by molar-refractivity contribution is 9.10. The number of ether oxygens (including phenoxy) is 2. The summed E-state index contributed by atoms with van der Waals surface area (Å²) in [6.45, 7) is 4.03. The Morgan fingerprint density at radius 2 is 1.92 bits per heavy atom. The molecule has 2 heterocycles. The van der Waals surface area contributed by atoms with Crippen LogP contribution in [-0.2, 0) is 0 Å². The molecule has 0 amide bonds. The molecule has 0 aliphatic carbocycles. The number of fused-ring (bicyclic) bond motifs is 2. The van der Waals surface area contributed by atoms with Gasteiger partial charge in [-0.25, -0.2) is 4.98 Å². The molecule has 0 unspecified atom stereocenters. The molecule has 0 N–H and O–H groups in total. The monoisotopic (exact) mass is 545 g/mol. The fourth-order valence-electron chi connectivity index (χ4n) is 3.85. The van der Waals surface area contributed by atoms with E-state index in [1.807, 2.05) is 62.4 Å². The number of aromatic nitrogens is 2. The first kappa shape index (κ1) is 23.8. The molecule has 5 rings (SSSR count). The average Bonchev–Trinajstić information content (AvgIpc) is 3.33. The van der Waals surface area contributed by atoms with Crippen molar-refractivity contribution in [2.24, 2.45) is 5.10 Å². The molecule has 0 bridgehead atoms. The second kappa shape index (κ2) is 9.99. The third-order valence-corrected chi connectivity index (χ3v) is 6.33. The van der Waals surface area contributed by atoms with Crippen molar-refractivity contribution in [3.05, 3.63) is 87.1 Å². The highest BCUT2D eigenvalue weighted by Crippen LogP contribution is 2.35. The van der Waals surface area contributed by atoms with Gasteiger partial charge in [0.15, 0.2) is 17.3 Å². The Balaban J connectivity index is 1.71. The van der Waals surface area contributed by atoms with E-state index in [4.69, 9.17) is 18.9 Å². The predicted octanol–water partition coefficient (Wildman–Crippen LogP) is 6.64. The Morgan fingerprint density at radius 1 is 1.14 bits per heavy atom. The van der Waals surface area contributed by atoms with E-state index in [-0.39, 0.29) is 11.7 Å². The zero-order chi connectivity index (χ0) is 25.2. The third-order valence-electron chi connectivity index (χ3n) is 5.87. The number of para-hydroxylation sites is 2. The molecule has 0 aliphatic rings. The van der Waals surface area contributed by atoms with Crippen LogP contribution in [0.3, 0.4) is 0 Å². The van der Waals surface area contributed by atoms with Crippen LogP contribution in [0.1, 0.15) is 25.8 Å². The standard InChI is InChI=1S/C28H24BrN3O4/c1-4-17(2)35-26-19(13-20(29)15-24(26)34-3)16-30-32-27(25-14-18-9-5-8-12-23(18)36-25)31-22-11-7-6-10-21(22)28(32)33/h5-17H,4H2,1-3H3/t17-/m1/s1. The van der Waals surface area contributed by atoms with Gasteiger partial charge in [0.2, 0.25) is 5.82 Å². The average molecular weight is 546 g/mol. The number of nitrogens with zero attached hydrogens (tertiary/aromatic N) is 3. The van der Waals surface area contributed by atoms with Crippen LogP contribution in [0.25, 0.3) is 33.5 Å². The highest BCUT2D eigenvalue weighted by Gasteiger charge is 2.18. The van der Waals surface area contributed by atoms with Crippen molar-refractivity contribution < 1.29 is 13.9 Å². The van der Waals surface area contributed by atoms with Gasteiger partial charge in [0.25, 0.3) is 5.56 Å². The van der Waals surface area contributed by atoms with Crippen LogP contribution in [0, 0.1) is 0 Å². The van der Waals surface area contributed by atoms with Crippen molar-refractivity contribution in [1.82, 2.24) is 9.66 Å². The molecule has 0 fully saturated rings. The predicted molar refractivity (Wildman–Crippen MR) is 145 cm³/mol. The number of methoxy groups -OCH3 is 1. The van der Waals surface area contributed by atoms with Gasteiger partial charge in [0.1, 0.15) is 5.58 Å². The minimum Gasteiger partial charge on any atom is -0.493 e. The Kier molecular flexibility index (Phi) is 6.61. The molecule has 0 saturated carbocycles. The van der Waals surface area contributed by atoms with E-state index < -0.39 is 0 Å². The lowest BCUT2D eigenvalue weighted by atomic mass is 10.2. The van der Waals surface area contributed by atoms with Crippen LogP contribution in [0.15, 0.2) is 85.5 Å². The van der Waals surface area contributed by atoms with Crippen LogP contribution in [0.5, 0.6) is 11.5 Å². The molecule has 0 radical (unpaired) electrons. The highest BCUT2D eigenvalue weighted by atomic mass is 79.9. The van der Waals surface area contributed by atoms with E-state index in [1.54, 1.807) is 31.5 Å². The maximum atomic E-state index is 13.6. The summed E-state index contributed by atoms with van der Waals surface area (Å²) in [4.78, 5) is 18.3. The van der Waals surface area contributed by atoms with E-state index in [0.717, 1.165) is 16.3 Å². The number of hydrogen-bond donors (Lipinski definition) is 0. The largest absolute Gasteiger partial charge is 0.493 e. The Morgan fingerprint density at radius 3 is 2.69 bits per heavy atom. The van der Waals surface area contributed by atoms with E-state index in [1.165, 1.54) is 4.68 Å². The molecular weight excluding hydrogens is 522 g/mol. The van der Waals surface area contributed by atoms with Crippen LogP contribution < -0.4 is 15.0 Å². The molecule has 1 atom stereocenters. The lowest BCUT2D eigenvalue weighted by Crippen LogP contribution is -2.20. The van der Waals surface area contributed by atoms with Crippen LogP contribution in [0.2, 0.25) is 0 Å². The maximum Gasteiger partial charge on any atom is 0.282 e. The molecule has 7 nitrogen and oxygen atoms in total. The van der Waals surface area contributed by atoms with Crippen molar-refractivity contribution >= 4 is 44.0 Å². The van der Waals surface area contributed by atoms with E-state index in [0.29, 0.717) is 45.1 Å². The van der Waals surface area contributed by atoms with Crippen LogP contribution >= 0.6 is 15.9 Å². The van der Waals surface area contributed by atoms with Gasteiger partial charge in [-0.1, -0.05) is 53.2 Å². The number of halogens is 1. The summed E-state index contributed by atoms with van der Waals surface area (Å²) in [5, 5.41) is 5.95. The van der Waals surface area contributed by atoms with Gasteiger partial charge < -0.3 is 13.9 Å². The summed E-state index contributed by atoms with van der Waals surface area (Å²) < 4.78 is 19.8. The summed E-state index contributed by atoms with van der Waals surface area (Å²) in [6, 6.07) is 20.4. The second-order valence-corrected chi connectivity index (χ2v) is 9.24. The molecule has 182 valence electrons. The van der Waals surface area contributed by atoms with Gasteiger partial charge in [0.05, 0.1) is 30.3 Å². The quantitative estimate of drug-likeness (QED) is 0.214. The van der Waals surface area contributed by atoms with E-state index in [2.05, 4.69) is 21.0 Å². The topological polar surface area (TPSA) is 78.9 Å². The first-order valence-electron chi connectivity index (χ1n) is 11.6. The second-order valence-electron chi connectivity index (χ2n) is 8.33. The SMILES string of the molecule is CC[C@@H](C)Oc1c(C=Nn2c(-c3cc4ccccc4o3)nc3ccccc3c2=O)cc(Br)cc1OC. The molecule has 5 aromatic rings. The van der Waals surface area contributed by atoms with Crippen molar-refractivity contribution in [2.75, 3.05) is 7.11 Å². The van der Waals surface area contributed by atoms with Crippen LogP contribution in [-0.4, -0.2) is 29.1 Å². The zero-order valence-electron chi connectivity index (χ0n) is 20.1. The fraction of sp³-hybridized carbons (Fsp3) is 0.179. The maximum absolute atomic E-state index is 13.6. The van der Waals surface area contributed by atoms with Crippen LogP contribution in [0.4, 0.5) is 0 Å². The zero-order valence-corrected chi connectivity index (χ0v) is 21.7. The first-order valence-corrected chi connectivity index (χ1v) is 12.4. The molecule has 0 spiro atoms.